The largest absolute Gasteiger partial charge is 0.490 e. The summed E-state index contributed by atoms with van der Waals surface area (Å²) >= 11 is 0. The number of rotatable bonds is 4. The van der Waals surface area contributed by atoms with E-state index in [0.29, 0.717) is 6.10 Å². The third-order valence-corrected chi connectivity index (χ3v) is 2.88. The van der Waals surface area contributed by atoms with Crippen molar-refractivity contribution in [1.29, 1.82) is 0 Å². The van der Waals surface area contributed by atoms with Crippen molar-refractivity contribution in [2.24, 2.45) is 0 Å². The summed E-state index contributed by atoms with van der Waals surface area (Å²) in [6.45, 7) is 3.75. The molecule has 1 nitrogen and oxygen atoms in total. The molecule has 1 heteroatoms. The first-order valence-corrected chi connectivity index (χ1v) is 5.75. The molecule has 0 aromatic heterocycles. The molecule has 0 unspecified atom stereocenters. The Morgan fingerprint density at radius 2 is 2.13 bits per heavy atom. The highest BCUT2D eigenvalue weighted by Gasteiger charge is 2.16. The van der Waals surface area contributed by atoms with E-state index in [1.54, 1.807) is 0 Å². The van der Waals surface area contributed by atoms with Gasteiger partial charge in [-0.3, -0.25) is 0 Å². The molecule has 0 bridgehead atoms. The zero-order valence-corrected chi connectivity index (χ0v) is 9.11. The van der Waals surface area contributed by atoms with E-state index >= 15 is 0 Å². The number of ether oxygens (including phenoxy) is 1. The molecule has 0 spiro atoms. The molecule has 2 rings (SSSR count). The third-order valence-electron chi connectivity index (χ3n) is 2.88. The topological polar surface area (TPSA) is 9.23 Å². The quantitative estimate of drug-likeness (QED) is 0.676. The van der Waals surface area contributed by atoms with Crippen LogP contribution in [0.15, 0.2) is 36.9 Å². The van der Waals surface area contributed by atoms with Gasteiger partial charge in [0.15, 0.2) is 0 Å². The van der Waals surface area contributed by atoms with Crippen LogP contribution >= 0.6 is 0 Å². The lowest BCUT2D eigenvalue weighted by Crippen LogP contribution is -2.10. The van der Waals surface area contributed by atoms with Gasteiger partial charge >= 0.3 is 0 Å². The van der Waals surface area contributed by atoms with Gasteiger partial charge in [-0.2, -0.15) is 0 Å². The molecule has 1 aromatic carbocycles. The summed E-state index contributed by atoms with van der Waals surface area (Å²) in [5.74, 6) is 1.02. The van der Waals surface area contributed by atoms with Crippen LogP contribution in [0.25, 0.3) is 0 Å². The maximum absolute atomic E-state index is 5.93. The minimum Gasteiger partial charge on any atom is -0.490 e. The van der Waals surface area contributed by atoms with Crippen LogP contribution in [0.3, 0.4) is 0 Å². The van der Waals surface area contributed by atoms with Crippen molar-refractivity contribution in [1.82, 2.24) is 0 Å². The van der Waals surface area contributed by atoms with E-state index in [1.165, 1.54) is 31.2 Å². The average molecular weight is 202 g/mol. The van der Waals surface area contributed by atoms with Crippen molar-refractivity contribution in [3.05, 3.63) is 42.5 Å². The Balaban J connectivity index is 2.00. The van der Waals surface area contributed by atoms with E-state index in [9.17, 15) is 0 Å². The van der Waals surface area contributed by atoms with E-state index in [4.69, 9.17) is 4.74 Å². The van der Waals surface area contributed by atoms with Crippen LogP contribution < -0.4 is 4.74 Å². The second-order valence-electron chi connectivity index (χ2n) is 4.16. The van der Waals surface area contributed by atoms with Gasteiger partial charge in [0, 0.05) is 0 Å². The van der Waals surface area contributed by atoms with Crippen LogP contribution in [0, 0.1) is 0 Å². The fourth-order valence-electron chi connectivity index (χ4n) is 2.11. The molecule has 0 N–H and O–H groups in total. The van der Waals surface area contributed by atoms with Crippen LogP contribution in [0.2, 0.25) is 0 Å². The maximum Gasteiger partial charge on any atom is 0.120 e. The molecule has 1 saturated carbocycles. The zero-order valence-electron chi connectivity index (χ0n) is 9.11. The van der Waals surface area contributed by atoms with Gasteiger partial charge in [0.05, 0.1) is 6.10 Å². The molecule has 80 valence electrons. The highest BCUT2D eigenvalue weighted by Crippen LogP contribution is 2.24. The molecule has 0 heterocycles. The molecule has 0 atom stereocenters. The molecule has 0 radical (unpaired) electrons. The summed E-state index contributed by atoms with van der Waals surface area (Å²) in [6, 6.07) is 8.34. The van der Waals surface area contributed by atoms with Crippen molar-refractivity contribution in [3.63, 3.8) is 0 Å². The molecule has 1 aromatic rings. The Kier molecular flexibility index (Phi) is 3.44. The molecular formula is C14H18O. The Morgan fingerprint density at radius 1 is 1.33 bits per heavy atom. The maximum atomic E-state index is 5.93. The molecule has 15 heavy (non-hydrogen) atoms. The van der Waals surface area contributed by atoms with Gasteiger partial charge in [0.1, 0.15) is 5.75 Å². The SMILES string of the molecule is C=CCc1cccc(OC2CCCC2)c1. The van der Waals surface area contributed by atoms with Gasteiger partial charge in [-0.1, -0.05) is 18.2 Å². The summed E-state index contributed by atoms with van der Waals surface area (Å²) in [6.07, 6.45) is 8.35. The summed E-state index contributed by atoms with van der Waals surface area (Å²) in [4.78, 5) is 0. The summed E-state index contributed by atoms with van der Waals surface area (Å²) in [7, 11) is 0. The predicted molar refractivity (Wildman–Crippen MR) is 63.2 cm³/mol. The monoisotopic (exact) mass is 202 g/mol. The number of hydrogen-bond acceptors (Lipinski definition) is 1. The molecule has 0 aliphatic heterocycles. The minimum atomic E-state index is 0.448. The fourth-order valence-corrected chi connectivity index (χ4v) is 2.11. The second kappa shape index (κ2) is 5.01. The lowest BCUT2D eigenvalue weighted by molar-refractivity contribution is 0.210. The van der Waals surface area contributed by atoms with E-state index in [1.807, 2.05) is 12.1 Å². The van der Waals surface area contributed by atoms with Gasteiger partial charge < -0.3 is 4.74 Å². The van der Waals surface area contributed by atoms with Gasteiger partial charge in [-0.05, 0) is 49.8 Å². The van der Waals surface area contributed by atoms with Gasteiger partial charge in [-0.15, -0.1) is 6.58 Å². The summed E-state index contributed by atoms with van der Waals surface area (Å²) in [5, 5.41) is 0. The van der Waals surface area contributed by atoms with E-state index in [2.05, 4.69) is 24.8 Å². The second-order valence-corrected chi connectivity index (χ2v) is 4.16. The lowest BCUT2D eigenvalue weighted by Gasteiger charge is -2.13. The van der Waals surface area contributed by atoms with Crippen molar-refractivity contribution in [2.45, 2.75) is 38.2 Å². The standard InChI is InChI=1S/C14H18O/c1-2-6-12-7-5-10-14(11-12)15-13-8-3-4-9-13/h2,5,7,10-11,13H,1,3-4,6,8-9H2. The number of allylic oxidation sites excluding steroid dienone is 1. The van der Waals surface area contributed by atoms with Crippen LogP contribution in [0.4, 0.5) is 0 Å². The number of hydrogen-bond donors (Lipinski definition) is 0. The first kappa shape index (κ1) is 10.3. The fraction of sp³-hybridized carbons (Fsp3) is 0.429. The summed E-state index contributed by atoms with van der Waals surface area (Å²) in [5.41, 5.74) is 1.28. The predicted octanol–water partition coefficient (Wildman–Crippen LogP) is 3.74. The summed E-state index contributed by atoms with van der Waals surface area (Å²) < 4.78 is 5.93. The highest BCUT2D eigenvalue weighted by molar-refractivity contribution is 5.29. The van der Waals surface area contributed by atoms with Crippen LogP contribution in [0.1, 0.15) is 31.2 Å². The first-order chi connectivity index (χ1) is 7.38. The van der Waals surface area contributed by atoms with E-state index in [0.717, 1.165) is 12.2 Å². The Hall–Kier alpha value is -1.24. The third kappa shape index (κ3) is 2.85. The molecule has 0 amide bonds. The highest BCUT2D eigenvalue weighted by atomic mass is 16.5. The van der Waals surface area contributed by atoms with E-state index in [-0.39, 0.29) is 0 Å². The molecule has 1 aliphatic carbocycles. The molecular weight excluding hydrogens is 184 g/mol. The molecule has 1 aliphatic rings. The van der Waals surface area contributed by atoms with Gasteiger partial charge in [0.2, 0.25) is 0 Å². The Morgan fingerprint density at radius 3 is 2.87 bits per heavy atom. The smallest absolute Gasteiger partial charge is 0.120 e. The minimum absolute atomic E-state index is 0.448. The normalized spacial score (nSPS) is 16.5. The van der Waals surface area contributed by atoms with Crippen molar-refractivity contribution in [3.8, 4) is 5.75 Å². The van der Waals surface area contributed by atoms with Crippen LogP contribution in [0.5, 0.6) is 5.75 Å². The molecule has 1 fully saturated rings. The van der Waals surface area contributed by atoms with Gasteiger partial charge in [-0.25, -0.2) is 0 Å². The zero-order chi connectivity index (χ0) is 10.5. The van der Waals surface area contributed by atoms with E-state index < -0.39 is 0 Å². The number of benzene rings is 1. The van der Waals surface area contributed by atoms with Crippen molar-refractivity contribution >= 4 is 0 Å². The molecule has 0 saturated heterocycles. The van der Waals surface area contributed by atoms with Crippen LogP contribution in [-0.2, 0) is 6.42 Å². The Bertz CT molecular complexity index is 324. The van der Waals surface area contributed by atoms with Crippen molar-refractivity contribution < 1.29 is 4.74 Å². The average Bonchev–Trinajstić information content (AvgIpc) is 2.71. The van der Waals surface area contributed by atoms with Crippen molar-refractivity contribution in [2.75, 3.05) is 0 Å². The lowest BCUT2D eigenvalue weighted by atomic mass is 10.1. The Labute approximate surface area is 91.8 Å². The van der Waals surface area contributed by atoms with Gasteiger partial charge in [0.25, 0.3) is 0 Å². The van der Waals surface area contributed by atoms with Crippen LogP contribution in [-0.4, -0.2) is 6.10 Å². The first-order valence-electron chi connectivity index (χ1n) is 5.75.